The Morgan fingerprint density at radius 1 is 1.00 bits per heavy atom. The van der Waals surface area contributed by atoms with E-state index in [0.717, 1.165) is 31.0 Å². The minimum atomic E-state index is 0.660. The molecule has 4 nitrogen and oxygen atoms in total. The maximum absolute atomic E-state index is 5.39. The molecule has 1 radical (unpaired) electrons. The van der Waals surface area contributed by atoms with E-state index in [1.807, 2.05) is 12.1 Å². The summed E-state index contributed by atoms with van der Waals surface area (Å²) in [5, 5.41) is 4.39. The molecule has 0 amide bonds. The van der Waals surface area contributed by atoms with Crippen LogP contribution in [0.25, 0.3) is 0 Å². The van der Waals surface area contributed by atoms with Gasteiger partial charge in [0.15, 0.2) is 11.5 Å². The normalized spacial score (nSPS) is 16.2. The van der Waals surface area contributed by atoms with E-state index in [0.29, 0.717) is 11.7 Å². The molecule has 1 fully saturated rings. The smallest absolute Gasteiger partial charge is 0.203 e. The van der Waals surface area contributed by atoms with Crippen LogP contribution in [0.3, 0.4) is 0 Å². The number of benzene rings is 1. The lowest BCUT2D eigenvalue weighted by Gasteiger charge is -2.22. The standard InChI is InChI=1S/C15H22NO3/c1-17-13-9-12(8-11-4-6-16-7-5-11)10-14(18-2)15(13)19-3/h9-11H,4-8H2,1-3H3. The van der Waals surface area contributed by atoms with Crippen LogP contribution in [0.4, 0.5) is 0 Å². The third-order valence-electron chi connectivity index (χ3n) is 3.64. The fraction of sp³-hybridized carbons (Fsp3) is 0.600. The van der Waals surface area contributed by atoms with Gasteiger partial charge in [-0.05, 0) is 42.9 Å². The Morgan fingerprint density at radius 2 is 1.58 bits per heavy atom. The third kappa shape index (κ3) is 3.32. The van der Waals surface area contributed by atoms with Crippen LogP contribution >= 0.6 is 0 Å². The molecule has 1 saturated heterocycles. The molecule has 0 aromatic heterocycles. The first-order chi connectivity index (χ1) is 9.28. The summed E-state index contributed by atoms with van der Waals surface area (Å²) in [6.45, 7) is 1.99. The van der Waals surface area contributed by atoms with Gasteiger partial charge in [-0.2, -0.15) is 0 Å². The van der Waals surface area contributed by atoms with Crippen LogP contribution in [0.15, 0.2) is 12.1 Å². The molecule has 1 aromatic rings. The molecule has 1 aromatic carbocycles. The molecule has 1 aliphatic heterocycles. The molecular formula is C15H22NO3. The highest BCUT2D eigenvalue weighted by Gasteiger charge is 2.18. The van der Waals surface area contributed by atoms with E-state index in [1.165, 1.54) is 18.4 Å². The Balaban J connectivity index is 2.20. The van der Waals surface area contributed by atoms with Gasteiger partial charge in [0.1, 0.15) is 0 Å². The third-order valence-corrected chi connectivity index (χ3v) is 3.64. The maximum atomic E-state index is 5.39. The average molecular weight is 264 g/mol. The second-order valence-corrected chi connectivity index (χ2v) is 4.85. The highest BCUT2D eigenvalue weighted by molar-refractivity contribution is 5.53. The van der Waals surface area contributed by atoms with Crippen molar-refractivity contribution in [2.75, 3.05) is 34.4 Å². The zero-order chi connectivity index (χ0) is 13.7. The number of nitrogens with zero attached hydrogens (tertiary/aromatic N) is 1. The van der Waals surface area contributed by atoms with Gasteiger partial charge in [0.2, 0.25) is 5.75 Å². The van der Waals surface area contributed by atoms with E-state index >= 15 is 0 Å². The number of rotatable bonds is 5. The van der Waals surface area contributed by atoms with Crippen molar-refractivity contribution in [2.45, 2.75) is 19.3 Å². The van der Waals surface area contributed by atoms with Crippen molar-refractivity contribution < 1.29 is 14.2 Å². The van der Waals surface area contributed by atoms with E-state index in [1.54, 1.807) is 21.3 Å². The van der Waals surface area contributed by atoms with Gasteiger partial charge in [-0.25, -0.2) is 5.32 Å². The Morgan fingerprint density at radius 3 is 2.05 bits per heavy atom. The Labute approximate surface area is 115 Å². The maximum Gasteiger partial charge on any atom is 0.203 e. The van der Waals surface area contributed by atoms with Crippen molar-refractivity contribution in [3.8, 4) is 17.2 Å². The van der Waals surface area contributed by atoms with Gasteiger partial charge < -0.3 is 14.2 Å². The van der Waals surface area contributed by atoms with Crippen molar-refractivity contribution in [1.82, 2.24) is 5.32 Å². The summed E-state index contributed by atoms with van der Waals surface area (Å²) in [6, 6.07) is 4.10. The lowest BCUT2D eigenvalue weighted by atomic mass is 9.91. The van der Waals surface area contributed by atoms with Crippen LogP contribution in [0.1, 0.15) is 18.4 Å². The van der Waals surface area contributed by atoms with Crippen LogP contribution in [0.5, 0.6) is 17.2 Å². The summed E-state index contributed by atoms with van der Waals surface area (Å²) in [6.07, 6.45) is 3.40. The Bertz CT molecular complexity index is 389. The molecule has 0 atom stereocenters. The summed E-state index contributed by atoms with van der Waals surface area (Å²) in [5.41, 5.74) is 1.24. The summed E-state index contributed by atoms with van der Waals surface area (Å²) >= 11 is 0. The molecule has 1 heterocycles. The molecule has 0 unspecified atom stereocenters. The van der Waals surface area contributed by atoms with E-state index in [2.05, 4.69) is 5.32 Å². The Hall–Kier alpha value is -1.42. The summed E-state index contributed by atoms with van der Waals surface area (Å²) in [7, 11) is 4.93. The molecule has 0 N–H and O–H groups in total. The SMILES string of the molecule is COc1cc(CC2CC[N]CC2)cc(OC)c1OC. The van der Waals surface area contributed by atoms with Gasteiger partial charge in [-0.3, -0.25) is 0 Å². The highest BCUT2D eigenvalue weighted by atomic mass is 16.5. The first kappa shape index (κ1) is 14.0. The lowest BCUT2D eigenvalue weighted by molar-refractivity contribution is 0.322. The van der Waals surface area contributed by atoms with E-state index in [-0.39, 0.29) is 0 Å². The monoisotopic (exact) mass is 264 g/mol. The van der Waals surface area contributed by atoms with Gasteiger partial charge in [0.25, 0.3) is 0 Å². The zero-order valence-corrected chi connectivity index (χ0v) is 11.9. The van der Waals surface area contributed by atoms with Crippen LogP contribution < -0.4 is 19.5 Å². The van der Waals surface area contributed by atoms with Crippen molar-refractivity contribution in [2.24, 2.45) is 5.92 Å². The quantitative estimate of drug-likeness (QED) is 0.819. The number of hydrogen-bond donors (Lipinski definition) is 0. The average Bonchev–Trinajstić information content (AvgIpc) is 2.47. The van der Waals surface area contributed by atoms with Crippen LogP contribution in [-0.2, 0) is 6.42 Å². The van der Waals surface area contributed by atoms with E-state index in [9.17, 15) is 0 Å². The molecule has 2 rings (SSSR count). The molecule has 0 spiro atoms. The summed E-state index contributed by atoms with van der Waals surface area (Å²) in [5.74, 6) is 2.84. The predicted octanol–water partition coefficient (Wildman–Crippen LogP) is 2.27. The molecular weight excluding hydrogens is 242 g/mol. The van der Waals surface area contributed by atoms with Crippen LogP contribution in [0.2, 0.25) is 0 Å². The van der Waals surface area contributed by atoms with E-state index < -0.39 is 0 Å². The highest BCUT2D eigenvalue weighted by Crippen LogP contribution is 2.39. The van der Waals surface area contributed by atoms with Crippen molar-refractivity contribution >= 4 is 0 Å². The first-order valence-corrected chi connectivity index (χ1v) is 6.70. The summed E-state index contributed by atoms with van der Waals surface area (Å²) in [4.78, 5) is 0. The predicted molar refractivity (Wildman–Crippen MR) is 74.4 cm³/mol. The fourth-order valence-corrected chi connectivity index (χ4v) is 2.59. The topological polar surface area (TPSA) is 41.8 Å². The van der Waals surface area contributed by atoms with Crippen LogP contribution in [0, 0.1) is 5.92 Å². The van der Waals surface area contributed by atoms with Gasteiger partial charge in [-0.1, -0.05) is 0 Å². The van der Waals surface area contributed by atoms with Gasteiger partial charge in [0, 0.05) is 13.1 Å². The molecule has 0 bridgehead atoms. The molecule has 4 heteroatoms. The van der Waals surface area contributed by atoms with Gasteiger partial charge in [0.05, 0.1) is 21.3 Å². The second-order valence-electron chi connectivity index (χ2n) is 4.85. The first-order valence-electron chi connectivity index (χ1n) is 6.70. The molecule has 105 valence electrons. The lowest BCUT2D eigenvalue weighted by Crippen LogP contribution is -2.23. The number of ether oxygens (including phenoxy) is 3. The number of piperidine rings is 1. The molecule has 19 heavy (non-hydrogen) atoms. The molecule has 0 saturated carbocycles. The Kier molecular flexibility index (Phi) is 4.91. The molecule has 1 aliphatic rings. The minimum Gasteiger partial charge on any atom is -0.493 e. The van der Waals surface area contributed by atoms with Crippen molar-refractivity contribution in [1.29, 1.82) is 0 Å². The summed E-state index contributed by atoms with van der Waals surface area (Å²) < 4.78 is 16.1. The van der Waals surface area contributed by atoms with Crippen molar-refractivity contribution in [3.05, 3.63) is 17.7 Å². The fourth-order valence-electron chi connectivity index (χ4n) is 2.59. The van der Waals surface area contributed by atoms with Crippen LogP contribution in [-0.4, -0.2) is 34.4 Å². The zero-order valence-electron chi connectivity index (χ0n) is 11.9. The van der Waals surface area contributed by atoms with E-state index in [4.69, 9.17) is 14.2 Å². The molecule has 0 aliphatic carbocycles. The second kappa shape index (κ2) is 6.66. The number of hydrogen-bond acceptors (Lipinski definition) is 3. The number of methoxy groups -OCH3 is 3. The largest absolute Gasteiger partial charge is 0.493 e. The van der Waals surface area contributed by atoms with Gasteiger partial charge in [-0.15, -0.1) is 0 Å². The minimum absolute atomic E-state index is 0.660. The van der Waals surface area contributed by atoms with Gasteiger partial charge >= 0.3 is 0 Å². The van der Waals surface area contributed by atoms with Crippen molar-refractivity contribution in [3.63, 3.8) is 0 Å².